The summed E-state index contributed by atoms with van der Waals surface area (Å²) in [5.74, 6) is 0. The molecule has 92 valence electrons. The maximum absolute atomic E-state index is 12.3. The average molecular weight is 263 g/mol. The molecule has 1 rings (SSSR count). The average Bonchev–Trinajstić information content (AvgIpc) is 2.24. The lowest BCUT2D eigenvalue weighted by atomic mass is 10.1. The van der Waals surface area contributed by atoms with E-state index in [-0.39, 0.29) is 17.8 Å². The van der Waals surface area contributed by atoms with Crippen molar-refractivity contribution in [2.45, 2.75) is 13.1 Å². The molecule has 0 radical (unpaired) electrons. The molecule has 2 nitrogen and oxygen atoms in total. The van der Waals surface area contributed by atoms with Crippen molar-refractivity contribution in [3.05, 3.63) is 28.8 Å². The highest BCUT2D eigenvalue weighted by atomic mass is 35.5. The molecule has 0 atom stereocenters. The molecule has 17 heavy (non-hydrogen) atoms. The predicted molar refractivity (Wildman–Crippen MR) is 60.1 cm³/mol. The second-order valence-electron chi connectivity index (χ2n) is 3.40. The molecule has 0 aromatic heterocycles. The number of nitrogens with zero attached hydrogens (tertiary/aromatic N) is 2. The van der Waals surface area contributed by atoms with E-state index < -0.39 is 12.7 Å². The Balaban J connectivity index is 3.08. The molecule has 0 amide bonds. The molecule has 0 bridgehead atoms. The Labute approximate surface area is 102 Å². The van der Waals surface area contributed by atoms with Crippen LogP contribution < -0.4 is 4.90 Å². The number of halogens is 4. The van der Waals surface area contributed by atoms with Gasteiger partial charge in [0, 0.05) is 11.6 Å². The maximum atomic E-state index is 12.3. The van der Waals surface area contributed by atoms with E-state index in [1.807, 2.05) is 6.07 Å². The first-order valence-corrected chi connectivity index (χ1v) is 5.26. The Morgan fingerprint density at radius 1 is 1.41 bits per heavy atom. The Kier molecular flexibility index (Phi) is 4.24. The highest BCUT2D eigenvalue weighted by Crippen LogP contribution is 2.26. The number of anilines is 1. The van der Waals surface area contributed by atoms with E-state index in [0.29, 0.717) is 5.02 Å². The third-order valence-corrected chi connectivity index (χ3v) is 2.41. The molecule has 0 spiro atoms. The van der Waals surface area contributed by atoms with Gasteiger partial charge in [0.2, 0.25) is 0 Å². The molecule has 0 N–H and O–H groups in total. The molecule has 0 aliphatic heterocycles. The minimum atomic E-state index is -4.30. The minimum Gasteiger partial charge on any atom is -0.362 e. The Morgan fingerprint density at radius 2 is 2.06 bits per heavy atom. The van der Waals surface area contributed by atoms with E-state index in [1.54, 1.807) is 6.92 Å². The lowest BCUT2D eigenvalue weighted by Gasteiger charge is -2.25. The van der Waals surface area contributed by atoms with E-state index in [9.17, 15) is 13.2 Å². The first-order valence-electron chi connectivity index (χ1n) is 4.88. The molecular weight excluding hydrogens is 253 g/mol. The molecule has 0 saturated carbocycles. The van der Waals surface area contributed by atoms with E-state index in [0.717, 1.165) is 4.90 Å². The fraction of sp³-hybridized carbons (Fsp3) is 0.364. The summed E-state index contributed by atoms with van der Waals surface area (Å²) >= 11 is 5.68. The molecule has 6 heteroatoms. The normalized spacial score (nSPS) is 11.1. The molecule has 0 saturated heterocycles. The van der Waals surface area contributed by atoms with Crippen molar-refractivity contribution in [3.8, 4) is 6.07 Å². The minimum absolute atomic E-state index is 0.142. The van der Waals surface area contributed by atoms with E-state index in [1.165, 1.54) is 18.2 Å². The first-order chi connectivity index (χ1) is 7.87. The standard InChI is InChI=1S/C11H10ClF3N2/c1-2-17(7-11(13,14)15)10-4-3-9(12)5-8(10)6-16/h3-5H,2,7H2,1H3. The molecule has 0 unspecified atom stereocenters. The van der Waals surface area contributed by atoms with Crippen molar-refractivity contribution >= 4 is 17.3 Å². The lowest BCUT2D eigenvalue weighted by Crippen LogP contribution is -2.34. The fourth-order valence-electron chi connectivity index (χ4n) is 1.46. The predicted octanol–water partition coefficient (Wildman–Crippen LogP) is 3.60. The van der Waals surface area contributed by atoms with Gasteiger partial charge in [-0.3, -0.25) is 0 Å². The van der Waals surface area contributed by atoms with Crippen LogP contribution in [0.3, 0.4) is 0 Å². The summed E-state index contributed by atoms with van der Waals surface area (Å²) in [7, 11) is 0. The van der Waals surface area contributed by atoms with Crippen LogP contribution in [0.5, 0.6) is 0 Å². The SMILES string of the molecule is CCN(CC(F)(F)F)c1ccc(Cl)cc1C#N. The second kappa shape index (κ2) is 5.28. The highest BCUT2D eigenvalue weighted by Gasteiger charge is 2.31. The summed E-state index contributed by atoms with van der Waals surface area (Å²) in [4.78, 5) is 1.09. The molecule has 0 aliphatic rings. The topological polar surface area (TPSA) is 27.0 Å². The summed E-state index contributed by atoms with van der Waals surface area (Å²) in [5.41, 5.74) is 0.389. The number of hydrogen-bond acceptors (Lipinski definition) is 2. The van der Waals surface area contributed by atoms with Crippen LogP contribution in [-0.4, -0.2) is 19.3 Å². The lowest BCUT2D eigenvalue weighted by molar-refractivity contribution is -0.119. The third-order valence-electron chi connectivity index (χ3n) is 2.17. The monoisotopic (exact) mass is 262 g/mol. The first kappa shape index (κ1) is 13.7. The van der Waals surface area contributed by atoms with E-state index in [2.05, 4.69) is 0 Å². The number of hydrogen-bond donors (Lipinski definition) is 0. The van der Waals surface area contributed by atoms with Crippen molar-refractivity contribution in [2.24, 2.45) is 0 Å². The van der Waals surface area contributed by atoms with Crippen LogP contribution in [0.25, 0.3) is 0 Å². The number of alkyl halides is 3. The van der Waals surface area contributed by atoms with Crippen LogP contribution in [0.4, 0.5) is 18.9 Å². The zero-order valence-electron chi connectivity index (χ0n) is 9.05. The number of benzene rings is 1. The second-order valence-corrected chi connectivity index (χ2v) is 3.84. The Morgan fingerprint density at radius 3 is 2.53 bits per heavy atom. The smallest absolute Gasteiger partial charge is 0.362 e. The zero-order chi connectivity index (χ0) is 13.1. The van der Waals surface area contributed by atoms with Crippen LogP contribution in [0, 0.1) is 11.3 Å². The highest BCUT2D eigenvalue weighted by molar-refractivity contribution is 6.30. The van der Waals surface area contributed by atoms with Gasteiger partial charge in [-0.15, -0.1) is 0 Å². The van der Waals surface area contributed by atoms with E-state index >= 15 is 0 Å². The summed E-state index contributed by atoms with van der Waals surface area (Å²) in [6.45, 7) is 0.678. The summed E-state index contributed by atoms with van der Waals surface area (Å²) in [5, 5.41) is 9.20. The van der Waals surface area contributed by atoms with Crippen LogP contribution >= 0.6 is 11.6 Å². The number of nitriles is 1. The van der Waals surface area contributed by atoms with E-state index in [4.69, 9.17) is 16.9 Å². The van der Waals surface area contributed by atoms with Gasteiger partial charge >= 0.3 is 6.18 Å². The Hall–Kier alpha value is -1.41. The van der Waals surface area contributed by atoms with Gasteiger partial charge in [-0.25, -0.2) is 0 Å². The molecule has 1 aromatic rings. The molecule has 0 fully saturated rings. The summed E-state index contributed by atoms with van der Waals surface area (Å²) in [6.07, 6.45) is -4.30. The quantitative estimate of drug-likeness (QED) is 0.832. The van der Waals surface area contributed by atoms with Crippen molar-refractivity contribution in [1.82, 2.24) is 0 Å². The van der Waals surface area contributed by atoms with Gasteiger partial charge < -0.3 is 4.90 Å². The van der Waals surface area contributed by atoms with Gasteiger partial charge in [-0.1, -0.05) is 11.6 Å². The van der Waals surface area contributed by atoms with Gasteiger partial charge in [0.1, 0.15) is 12.6 Å². The van der Waals surface area contributed by atoms with Crippen LogP contribution in [0.2, 0.25) is 5.02 Å². The van der Waals surface area contributed by atoms with Crippen LogP contribution in [-0.2, 0) is 0 Å². The van der Waals surface area contributed by atoms with Gasteiger partial charge in [0.05, 0.1) is 11.3 Å². The molecule has 1 aromatic carbocycles. The van der Waals surface area contributed by atoms with Crippen LogP contribution in [0.15, 0.2) is 18.2 Å². The van der Waals surface area contributed by atoms with Crippen molar-refractivity contribution in [1.29, 1.82) is 5.26 Å². The molecule has 0 heterocycles. The van der Waals surface area contributed by atoms with Gasteiger partial charge in [0.15, 0.2) is 0 Å². The fourth-order valence-corrected chi connectivity index (χ4v) is 1.63. The summed E-state index contributed by atoms with van der Waals surface area (Å²) in [6, 6.07) is 6.10. The molecule has 0 aliphatic carbocycles. The van der Waals surface area contributed by atoms with Crippen molar-refractivity contribution in [3.63, 3.8) is 0 Å². The summed E-state index contributed by atoms with van der Waals surface area (Å²) < 4.78 is 37.0. The van der Waals surface area contributed by atoms with Gasteiger partial charge in [-0.05, 0) is 25.1 Å². The Bertz CT molecular complexity index is 437. The molecular formula is C11H10ClF3N2. The van der Waals surface area contributed by atoms with Crippen LogP contribution in [0.1, 0.15) is 12.5 Å². The zero-order valence-corrected chi connectivity index (χ0v) is 9.81. The van der Waals surface area contributed by atoms with Gasteiger partial charge in [0.25, 0.3) is 0 Å². The third kappa shape index (κ3) is 3.82. The largest absolute Gasteiger partial charge is 0.405 e. The maximum Gasteiger partial charge on any atom is 0.405 e. The van der Waals surface area contributed by atoms with Crippen molar-refractivity contribution in [2.75, 3.05) is 18.0 Å². The van der Waals surface area contributed by atoms with Crippen molar-refractivity contribution < 1.29 is 13.2 Å². The van der Waals surface area contributed by atoms with Gasteiger partial charge in [-0.2, -0.15) is 18.4 Å². The number of rotatable bonds is 3.